The van der Waals surface area contributed by atoms with Crippen LogP contribution in [-0.4, -0.2) is 12.1 Å². The standard InChI is InChI=1S/C12H23N/c1-10-4-2-5-12(9-8-10)13-11-6-3-7-11/h10-13H,2-9H2,1H3. The molecule has 13 heavy (non-hydrogen) atoms. The van der Waals surface area contributed by atoms with E-state index < -0.39 is 0 Å². The molecule has 0 heterocycles. The molecule has 1 nitrogen and oxygen atoms in total. The summed E-state index contributed by atoms with van der Waals surface area (Å²) in [5.74, 6) is 0.980. The van der Waals surface area contributed by atoms with Crippen LogP contribution in [0.15, 0.2) is 0 Å². The van der Waals surface area contributed by atoms with E-state index in [0.29, 0.717) is 0 Å². The Morgan fingerprint density at radius 1 is 0.769 bits per heavy atom. The van der Waals surface area contributed by atoms with Crippen LogP contribution in [0.4, 0.5) is 0 Å². The average molecular weight is 181 g/mol. The third-order valence-corrected chi connectivity index (χ3v) is 3.83. The molecule has 0 radical (unpaired) electrons. The number of hydrogen-bond acceptors (Lipinski definition) is 1. The van der Waals surface area contributed by atoms with Crippen LogP contribution in [0.5, 0.6) is 0 Å². The van der Waals surface area contributed by atoms with Crippen molar-refractivity contribution < 1.29 is 0 Å². The van der Waals surface area contributed by atoms with Crippen molar-refractivity contribution in [2.45, 2.75) is 70.4 Å². The molecule has 76 valence electrons. The minimum Gasteiger partial charge on any atom is -0.311 e. The van der Waals surface area contributed by atoms with E-state index >= 15 is 0 Å². The van der Waals surface area contributed by atoms with Crippen molar-refractivity contribution >= 4 is 0 Å². The largest absolute Gasteiger partial charge is 0.311 e. The first-order valence-electron chi connectivity index (χ1n) is 6.10. The van der Waals surface area contributed by atoms with Gasteiger partial charge in [0.05, 0.1) is 0 Å². The minimum absolute atomic E-state index is 0.857. The second-order valence-corrected chi connectivity index (χ2v) is 5.10. The fourth-order valence-corrected chi connectivity index (χ4v) is 2.56. The maximum absolute atomic E-state index is 3.82. The smallest absolute Gasteiger partial charge is 0.00697 e. The van der Waals surface area contributed by atoms with Crippen LogP contribution in [0.3, 0.4) is 0 Å². The second-order valence-electron chi connectivity index (χ2n) is 5.10. The van der Waals surface area contributed by atoms with E-state index in [0.717, 1.165) is 18.0 Å². The summed E-state index contributed by atoms with van der Waals surface area (Å²) < 4.78 is 0. The van der Waals surface area contributed by atoms with E-state index in [1.807, 2.05) is 0 Å². The van der Waals surface area contributed by atoms with Crippen LogP contribution < -0.4 is 5.32 Å². The lowest BCUT2D eigenvalue weighted by Gasteiger charge is -2.31. The average Bonchev–Trinajstić information content (AvgIpc) is 2.23. The number of nitrogens with one attached hydrogen (secondary N) is 1. The molecule has 2 fully saturated rings. The van der Waals surface area contributed by atoms with Gasteiger partial charge in [-0.2, -0.15) is 0 Å². The Balaban J connectivity index is 1.71. The van der Waals surface area contributed by atoms with Gasteiger partial charge in [0, 0.05) is 12.1 Å². The summed E-state index contributed by atoms with van der Waals surface area (Å²) in [4.78, 5) is 0. The summed E-state index contributed by atoms with van der Waals surface area (Å²) in [5.41, 5.74) is 0. The topological polar surface area (TPSA) is 12.0 Å². The summed E-state index contributed by atoms with van der Waals surface area (Å²) in [5, 5.41) is 3.82. The molecule has 0 saturated heterocycles. The normalized spacial score (nSPS) is 36.7. The van der Waals surface area contributed by atoms with Crippen LogP contribution >= 0.6 is 0 Å². The van der Waals surface area contributed by atoms with Crippen LogP contribution in [0, 0.1) is 5.92 Å². The second kappa shape index (κ2) is 4.45. The third-order valence-electron chi connectivity index (χ3n) is 3.83. The summed E-state index contributed by atoms with van der Waals surface area (Å²) in [6, 6.07) is 1.74. The lowest BCUT2D eigenvalue weighted by Crippen LogP contribution is -2.42. The maximum Gasteiger partial charge on any atom is 0.00697 e. The van der Waals surface area contributed by atoms with Gasteiger partial charge in [0.1, 0.15) is 0 Å². The molecule has 0 aromatic rings. The highest BCUT2D eigenvalue weighted by Crippen LogP contribution is 2.25. The lowest BCUT2D eigenvalue weighted by atomic mass is 9.91. The molecular formula is C12H23N. The van der Waals surface area contributed by atoms with Crippen molar-refractivity contribution in [3.63, 3.8) is 0 Å². The van der Waals surface area contributed by atoms with Gasteiger partial charge in [-0.05, 0) is 38.0 Å². The molecule has 1 N–H and O–H groups in total. The van der Waals surface area contributed by atoms with Crippen LogP contribution in [-0.2, 0) is 0 Å². The fraction of sp³-hybridized carbons (Fsp3) is 1.00. The Bertz CT molecular complexity index is 151. The zero-order valence-corrected chi connectivity index (χ0v) is 8.89. The SMILES string of the molecule is CC1CCCC(NC2CCC2)CC1. The summed E-state index contributed by atoms with van der Waals surface area (Å²) in [6.45, 7) is 2.41. The van der Waals surface area contributed by atoms with Crippen molar-refractivity contribution in [1.82, 2.24) is 5.32 Å². The van der Waals surface area contributed by atoms with Crippen molar-refractivity contribution in [3.05, 3.63) is 0 Å². The monoisotopic (exact) mass is 181 g/mol. The highest BCUT2D eigenvalue weighted by molar-refractivity contribution is 4.82. The van der Waals surface area contributed by atoms with E-state index in [1.54, 1.807) is 0 Å². The van der Waals surface area contributed by atoms with Gasteiger partial charge in [-0.3, -0.25) is 0 Å². The van der Waals surface area contributed by atoms with Gasteiger partial charge in [-0.1, -0.05) is 26.2 Å². The van der Waals surface area contributed by atoms with Gasteiger partial charge < -0.3 is 5.32 Å². The van der Waals surface area contributed by atoms with Gasteiger partial charge in [-0.25, -0.2) is 0 Å². The van der Waals surface area contributed by atoms with Crippen LogP contribution in [0.1, 0.15) is 58.3 Å². The molecular weight excluding hydrogens is 158 g/mol. The zero-order valence-electron chi connectivity index (χ0n) is 8.89. The zero-order chi connectivity index (χ0) is 9.10. The maximum atomic E-state index is 3.82. The van der Waals surface area contributed by atoms with Gasteiger partial charge in [-0.15, -0.1) is 0 Å². The van der Waals surface area contributed by atoms with E-state index in [1.165, 1.54) is 51.4 Å². The quantitative estimate of drug-likeness (QED) is 0.645. The Hall–Kier alpha value is -0.0400. The highest BCUT2D eigenvalue weighted by atomic mass is 15.0. The molecule has 0 bridgehead atoms. The van der Waals surface area contributed by atoms with E-state index in [-0.39, 0.29) is 0 Å². The summed E-state index contributed by atoms with van der Waals surface area (Å²) >= 11 is 0. The lowest BCUT2D eigenvalue weighted by molar-refractivity contribution is 0.289. The molecule has 2 aliphatic rings. The molecule has 0 aromatic carbocycles. The Labute approximate surface area is 82.3 Å². The molecule has 2 rings (SSSR count). The van der Waals surface area contributed by atoms with Gasteiger partial charge in [0.25, 0.3) is 0 Å². The predicted molar refractivity (Wildman–Crippen MR) is 56.8 cm³/mol. The number of rotatable bonds is 2. The first kappa shape index (κ1) is 9.51. The summed E-state index contributed by atoms with van der Waals surface area (Å²) in [7, 11) is 0. The van der Waals surface area contributed by atoms with E-state index in [2.05, 4.69) is 12.2 Å². The molecule has 0 spiro atoms. The predicted octanol–water partition coefficient (Wildman–Crippen LogP) is 3.10. The molecule has 2 saturated carbocycles. The first-order valence-corrected chi connectivity index (χ1v) is 6.10. The highest BCUT2D eigenvalue weighted by Gasteiger charge is 2.22. The Morgan fingerprint density at radius 2 is 1.38 bits per heavy atom. The molecule has 2 aliphatic carbocycles. The van der Waals surface area contributed by atoms with Crippen molar-refractivity contribution in [1.29, 1.82) is 0 Å². The molecule has 2 unspecified atom stereocenters. The van der Waals surface area contributed by atoms with Crippen molar-refractivity contribution in [2.24, 2.45) is 5.92 Å². The Kier molecular flexibility index (Phi) is 3.26. The van der Waals surface area contributed by atoms with Crippen LogP contribution in [0.2, 0.25) is 0 Å². The molecule has 0 aromatic heterocycles. The molecule has 0 amide bonds. The number of hydrogen-bond donors (Lipinski definition) is 1. The van der Waals surface area contributed by atoms with E-state index in [4.69, 9.17) is 0 Å². The van der Waals surface area contributed by atoms with Gasteiger partial charge >= 0.3 is 0 Å². The molecule has 0 aliphatic heterocycles. The molecule has 1 heteroatoms. The van der Waals surface area contributed by atoms with E-state index in [9.17, 15) is 0 Å². The van der Waals surface area contributed by atoms with Crippen molar-refractivity contribution in [3.8, 4) is 0 Å². The fourth-order valence-electron chi connectivity index (χ4n) is 2.56. The van der Waals surface area contributed by atoms with Gasteiger partial charge in [0.15, 0.2) is 0 Å². The summed E-state index contributed by atoms with van der Waals surface area (Å²) in [6.07, 6.45) is 11.6. The Morgan fingerprint density at radius 3 is 2.08 bits per heavy atom. The first-order chi connectivity index (χ1) is 6.34. The van der Waals surface area contributed by atoms with Crippen LogP contribution in [0.25, 0.3) is 0 Å². The third kappa shape index (κ3) is 2.70. The molecule has 2 atom stereocenters. The minimum atomic E-state index is 0.857. The van der Waals surface area contributed by atoms with Crippen molar-refractivity contribution in [2.75, 3.05) is 0 Å². The van der Waals surface area contributed by atoms with Gasteiger partial charge in [0.2, 0.25) is 0 Å².